The minimum absolute atomic E-state index is 0.0409. The number of amides is 3. The van der Waals surface area contributed by atoms with Crippen LogP contribution >= 0.6 is 0 Å². The molecule has 2 aromatic carbocycles. The fraction of sp³-hybridized carbons (Fsp3) is 0.357. The third kappa shape index (κ3) is 7.47. The summed E-state index contributed by atoms with van der Waals surface area (Å²) in [6, 6.07) is 8.63. The first-order valence-corrected chi connectivity index (χ1v) is 12.9. The Labute approximate surface area is 229 Å². The van der Waals surface area contributed by atoms with Gasteiger partial charge in [0, 0.05) is 51.2 Å². The maximum absolute atomic E-state index is 14.0. The van der Waals surface area contributed by atoms with E-state index in [2.05, 4.69) is 15.6 Å². The summed E-state index contributed by atoms with van der Waals surface area (Å²) in [4.78, 5) is 45.6. The molecule has 0 spiro atoms. The summed E-state index contributed by atoms with van der Waals surface area (Å²) in [6.07, 6.45) is 0.329. The second-order valence-corrected chi connectivity index (χ2v) is 9.49. The number of likely N-dealkylation sites (N-methyl/N-ethyl adjacent to an activating group) is 1. The summed E-state index contributed by atoms with van der Waals surface area (Å²) >= 11 is 0. The van der Waals surface area contributed by atoms with Crippen molar-refractivity contribution in [3.8, 4) is 0 Å². The number of halogens is 3. The lowest BCUT2D eigenvalue weighted by molar-refractivity contribution is -0.137. The third-order valence-electron chi connectivity index (χ3n) is 6.78. The zero-order valence-electron chi connectivity index (χ0n) is 22.0. The van der Waals surface area contributed by atoms with Crippen molar-refractivity contribution in [2.75, 3.05) is 45.2 Å². The van der Waals surface area contributed by atoms with E-state index < -0.39 is 35.5 Å². The number of benzene rings is 2. The van der Waals surface area contributed by atoms with E-state index in [1.165, 1.54) is 48.5 Å². The normalized spacial score (nSPS) is 14.1. The highest BCUT2D eigenvalue weighted by Gasteiger charge is 2.27. The quantitative estimate of drug-likeness (QED) is 0.418. The summed E-state index contributed by atoms with van der Waals surface area (Å²) in [7, 11) is 1.47. The van der Waals surface area contributed by atoms with Gasteiger partial charge >= 0.3 is 6.09 Å². The number of carbonyl (C=O) groups is 3. The summed E-state index contributed by atoms with van der Waals surface area (Å²) < 4.78 is 46.5. The fourth-order valence-corrected chi connectivity index (χ4v) is 4.41. The molecular formula is C28H30F3N5O4. The largest absolute Gasteiger partial charge is 0.447 e. The van der Waals surface area contributed by atoms with Gasteiger partial charge in [-0.05, 0) is 47.7 Å². The van der Waals surface area contributed by atoms with Crippen molar-refractivity contribution in [3.63, 3.8) is 0 Å². The lowest BCUT2D eigenvalue weighted by atomic mass is 10.1. The molecule has 0 unspecified atom stereocenters. The number of aromatic nitrogens is 1. The van der Waals surface area contributed by atoms with E-state index in [0.717, 1.165) is 6.07 Å². The highest BCUT2D eigenvalue weighted by Crippen LogP contribution is 2.19. The molecule has 1 aliphatic heterocycles. The van der Waals surface area contributed by atoms with E-state index in [9.17, 15) is 27.6 Å². The van der Waals surface area contributed by atoms with Crippen LogP contribution in [0.2, 0.25) is 0 Å². The molecule has 1 fully saturated rings. The van der Waals surface area contributed by atoms with E-state index in [0.29, 0.717) is 37.0 Å². The maximum atomic E-state index is 14.0. The Hall–Kier alpha value is -4.19. The van der Waals surface area contributed by atoms with Gasteiger partial charge in [0.25, 0.3) is 0 Å². The van der Waals surface area contributed by atoms with Crippen LogP contribution in [-0.4, -0.2) is 78.6 Å². The molecule has 0 aliphatic carbocycles. The van der Waals surface area contributed by atoms with Crippen LogP contribution in [0.3, 0.4) is 0 Å². The van der Waals surface area contributed by atoms with Crippen LogP contribution in [-0.2, 0) is 20.7 Å². The van der Waals surface area contributed by atoms with Gasteiger partial charge in [0.1, 0.15) is 18.2 Å². The average molecular weight is 558 g/mol. The van der Waals surface area contributed by atoms with Crippen molar-refractivity contribution in [2.24, 2.45) is 0 Å². The van der Waals surface area contributed by atoms with Crippen LogP contribution in [0, 0.1) is 17.5 Å². The van der Waals surface area contributed by atoms with Crippen LogP contribution in [0.4, 0.5) is 23.8 Å². The van der Waals surface area contributed by atoms with Crippen LogP contribution < -0.4 is 10.6 Å². The second-order valence-electron chi connectivity index (χ2n) is 9.49. The molecule has 4 rings (SSSR count). The van der Waals surface area contributed by atoms with Gasteiger partial charge in [-0.2, -0.15) is 0 Å². The van der Waals surface area contributed by atoms with Crippen LogP contribution in [0.5, 0.6) is 0 Å². The molecule has 0 saturated carbocycles. The highest BCUT2D eigenvalue weighted by molar-refractivity contribution is 5.89. The van der Waals surface area contributed by atoms with E-state index in [1.54, 1.807) is 11.0 Å². The molecule has 40 heavy (non-hydrogen) atoms. The average Bonchev–Trinajstić information content (AvgIpc) is 2.95. The lowest BCUT2D eigenvalue weighted by Crippen LogP contribution is -2.49. The van der Waals surface area contributed by atoms with Crippen molar-refractivity contribution in [1.82, 2.24) is 20.1 Å². The Balaban J connectivity index is 1.40. The maximum Gasteiger partial charge on any atom is 0.412 e. The van der Waals surface area contributed by atoms with Gasteiger partial charge in [-0.3, -0.25) is 14.9 Å². The van der Waals surface area contributed by atoms with Gasteiger partial charge in [-0.15, -0.1) is 0 Å². The topological polar surface area (TPSA) is 104 Å². The minimum atomic E-state index is -1.01. The standard InChI is InChI=1S/C28H30F3N5O4/c1-35(25(37)8-6-18-3-2-4-23(30)27(18)31)22(15-26(38)36-11-9-32-10-12-36)17-40-28(39)34-24-14-20-13-21(29)7-5-19(20)16-33-24/h2-5,7,13-14,16,22,32H,6,8-12,15,17H2,1H3,(H,33,34,39)/t22-/m0/s1. The lowest BCUT2D eigenvalue weighted by Gasteiger charge is -2.32. The van der Waals surface area contributed by atoms with Crippen molar-refractivity contribution >= 4 is 34.5 Å². The third-order valence-corrected chi connectivity index (χ3v) is 6.78. The zero-order chi connectivity index (χ0) is 28.6. The van der Waals surface area contributed by atoms with E-state index in [-0.39, 0.29) is 43.2 Å². The second kappa shape index (κ2) is 13.2. The smallest absolute Gasteiger partial charge is 0.412 e. The van der Waals surface area contributed by atoms with E-state index in [1.807, 2.05) is 0 Å². The fourth-order valence-electron chi connectivity index (χ4n) is 4.41. The molecule has 12 heteroatoms. The molecule has 1 atom stereocenters. The monoisotopic (exact) mass is 557 g/mol. The summed E-state index contributed by atoms with van der Waals surface area (Å²) in [5.74, 6) is -2.93. The SMILES string of the molecule is CN(C(=O)CCc1cccc(F)c1F)[C@H](COC(=O)Nc1cc2cc(F)ccc2cn1)CC(=O)N1CCNCC1. The molecule has 1 aliphatic rings. The zero-order valence-corrected chi connectivity index (χ0v) is 22.0. The van der Waals surface area contributed by atoms with Gasteiger partial charge < -0.3 is 19.9 Å². The number of nitrogens with one attached hydrogen (secondary N) is 2. The van der Waals surface area contributed by atoms with Crippen molar-refractivity contribution in [3.05, 3.63) is 71.7 Å². The Morgan fingerprint density at radius 1 is 1.10 bits per heavy atom. The Morgan fingerprint density at radius 2 is 1.88 bits per heavy atom. The van der Waals surface area contributed by atoms with Crippen LogP contribution in [0.15, 0.2) is 48.7 Å². The minimum Gasteiger partial charge on any atom is -0.447 e. The van der Waals surface area contributed by atoms with Gasteiger partial charge in [0.2, 0.25) is 11.8 Å². The molecule has 0 bridgehead atoms. The number of aryl methyl sites for hydroxylation is 1. The van der Waals surface area contributed by atoms with Gasteiger partial charge in [-0.1, -0.05) is 12.1 Å². The number of carbonyl (C=O) groups excluding carboxylic acids is 3. The van der Waals surface area contributed by atoms with Crippen molar-refractivity contribution < 1.29 is 32.3 Å². The molecule has 3 aromatic rings. The predicted molar refractivity (Wildman–Crippen MR) is 142 cm³/mol. The highest BCUT2D eigenvalue weighted by atomic mass is 19.2. The van der Waals surface area contributed by atoms with E-state index >= 15 is 0 Å². The molecule has 2 N–H and O–H groups in total. The Kier molecular flexibility index (Phi) is 9.54. The van der Waals surface area contributed by atoms with Crippen LogP contribution in [0.25, 0.3) is 10.8 Å². The number of rotatable bonds is 9. The van der Waals surface area contributed by atoms with Gasteiger partial charge in [0.05, 0.1) is 12.5 Å². The summed E-state index contributed by atoms with van der Waals surface area (Å²) in [5.41, 5.74) is 0.0635. The first-order valence-electron chi connectivity index (χ1n) is 12.9. The number of hydrogen-bond acceptors (Lipinski definition) is 6. The number of fused-ring (bicyclic) bond motifs is 1. The molecule has 212 valence electrons. The number of piperazine rings is 1. The first-order chi connectivity index (χ1) is 19.2. The first kappa shape index (κ1) is 28.8. The predicted octanol–water partition coefficient (Wildman–Crippen LogP) is 3.48. The van der Waals surface area contributed by atoms with Crippen molar-refractivity contribution in [1.29, 1.82) is 0 Å². The molecule has 3 amide bonds. The number of hydrogen-bond donors (Lipinski definition) is 2. The number of nitrogens with zero attached hydrogens (tertiary/aromatic N) is 3. The molecule has 9 nitrogen and oxygen atoms in total. The molecule has 1 saturated heterocycles. The number of anilines is 1. The molecular weight excluding hydrogens is 527 g/mol. The van der Waals surface area contributed by atoms with E-state index in [4.69, 9.17) is 4.74 Å². The van der Waals surface area contributed by atoms with Crippen molar-refractivity contribution in [2.45, 2.75) is 25.3 Å². The Bertz CT molecular complexity index is 1380. The molecule has 1 aromatic heterocycles. The number of ether oxygens (including phenoxy) is 1. The van der Waals surface area contributed by atoms with Gasteiger partial charge in [0.15, 0.2) is 11.6 Å². The van der Waals surface area contributed by atoms with Crippen LogP contribution in [0.1, 0.15) is 18.4 Å². The summed E-state index contributed by atoms with van der Waals surface area (Å²) in [6.45, 7) is 2.01. The van der Waals surface area contributed by atoms with Gasteiger partial charge in [-0.25, -0.2) is 22.9 Å². The Morgan fingerprint density at radius 3 is 2.65 bits per heavy atom. The summed E-state index contributed by atoms with van der Waals surface area (Å²) in [5, 5.41) is 6.85. The number of pyridine rings is 1. The molecule has 2 heterocycles. The molecule has 0 radical (unpaired) electrons.